The van der Waals surface area contributed by atoms with E-state index in [4.69, 9.17) is 21.1 Å². The fraction of sp³-hybridized carbons (Fsp3) is 0.368. The summed E-state index contributed by atoms with van der Waals surface area (Å²) in [4.78, 5) is 0.0983. The van der Waals surface area contributed by atoms with Gasteiger partial charge in [0.25, 0.3) is 0 Å². The molecule has 7 heteroatoms. The lowest BCUT2D eigenvalue weighted by Crippen LogP contribution is -2.57. The third-order valence-corrected chi connectivity index (χ3v) is 8.01. The lowest BCUT2D eigenvalue weighted by molar-refractivity contribution is -0.0933. The summed E-state index contributed by atoms with van der Waals surface area (Å²) in [5.74, 6) is -0.333. The minimum atomic E-state index is -3.96. The van der Waals surface area contributed by atoms with Crippen LogP contribution in [0.2, 0.25) is 5.02 Å². The van der Waals surface area contributed by atoms with Gasteiger partial charge in [-0.05, 0) is 56.2 Å². The van der Waals surface area contributed by atoms with Crippen LogP contribution in [0.3, 0.4) is 0 Å². The zero-order valence-corrected chi connectivity index (χ0v) is 15.7. The standard InChI is InChI=1S/C19H18ClFO4S/c1-12-9-10-19(26(22,23)14-7-5-13(20)6-8-14)17(25-12)11-24-16-4-2-3-15(21)18(16)19/h2-8,12,17H,9-11H2,1H3/t12-,17-,19+/m1/s1. The van der Waals surface area contributed by atoms with E-state index in [-0.39, 0.29) is 35.3 Å². The molecular weight excluding hydrogens is 379 g/mol. The summed E-state index contributed by atoms with van der Waals surface area (Å²) in [5.41, 5.74) is 0.0677. The highest BCUT2D eigenvalue weighted by molar-refractivity contribution is 7.92. The van der Waals surface area contributed by atoms with E-state index in [1.807, 2.05) is 6.92 Å². The molecule has 0 aromatic heterocycles. The van der Waals surface area contributed by atoms with Gasteiger partial charge in [-0.1, -0.05) is 17.7 Å². The molecule has 2 heterocycles. The quantitative estimate of drug-likeness (QED) is 0.766. The van der Waals surface area contributed by atoms with E-state index in [9.17, 15) is 12.8 Å². The molecule has 1 fully saturated rings. The molecule has 2 aromatic carbocycles. The molecular formula is C19H18ClFO4S. The zero-order chi connectivity index (χ0) is 18.5. The zero-order valence-electron chi connectivity index (χ0n) is 14.1. The highest BCUT2D eigenvalue weighted by Gasteiger charge is 2.59. The van der Waals surface area contributed by atoms with Crippen molar-refractivity contribution in [2.45, 2.75) is 41.6 Å². The molecule has 26 heavy (non-hydrogen) atoms. The first-order valence-electron chi connectivity index (χ1n) is 8.44. The number of hydrogen-bond donors (Lipinski definition) is 0. The first kappa shape index (κ1) is 17.8. The minimum absolute atomic E-state index is 0.0631. The van der Waals surface area contributed by atoms with Gasteiger partial charge < -0.3 is 9.47 Å². The highest BCUT2D eigenvalue weighted by atomic mass is 35.5. The molecule has 0 radical (unpaired) electrons. The number of benzene rings is 2. The summed E-state index contributed by atoms with van der Waals surface area (Å²) in [7, 11) is -3.96. The molecule has 4 nitrogen and oxygen atoms in total. The molecule has 1 saturated heterocycles. The van der Waals surface area contributed by atoms with Crippen molar-refractivity contribution in [3.8, 4) is 5.75 Å². The Labute approximate surface area is 156 Å². The van der Waals surface area contributed by atoms with Crippen molar-refractivity contribution in [3.05, 3.63) is 58.9 Å². The molecule has 0 saturated carbocycles. The summed E-state index contributed by atoms with van der Waals surface area (Å²) in [6, 6.07) is 10.3. The topological polar surface area (TPSA) is 52.6 Å². The van der Waals surface area contributed by atoms with Gasteiger partial charge in [0.1, 0.15) is 29.0 Å². The van der Waals surface area contributed by atoms with Crippen LogP contribution in [0.5, 0.6) is 5.75 Å². The van der Waals surface area contributed by atoms with Gasteiger partial charge in [0.15, 0.2) is 9.84 Å². The second-order valence-corrected chi connectivity index (χ2v) is 9.39. The third kappa shape index (κ3) is 2.47. The van der Waals surface area contributed by atoms with Crippen molar-refractivity contribution in [2.24, 2.45) is 0 Å². The van der Waals surface area contributed by atoms with E-state index >= 15 is 0 Å². The van der Waals surface area contributed by atoms with Crippen molar-refractivity contribution in [1.29, 1.82) is 0 Å². The molecule has 2 aliphatic rings. The maximum Gasteiger partial charge on any atom is 0.191 e. The summed E-state index contributed by atoms with van der Waals surface area (Å²) in [6.45, 7) is 1.95. The Balaban J connectivity index is 1.99. The molecule has 0 amide bonds. The predicted octanol–water partition coefficient (Wildman–Crippen LogP) is 4.11. The van der Waals surface area contributed by atoms with Crippen LogP contribution in [-0.4, -0.2) is 27.2 Å². The highest BCUT2D eigenvalue weighted by Crippen LogP contribution is 2.53. The van der Waals surface area contributed by atoms with Crippen LogP contribution in [-0.2, 0) is 19.3 Å². The largest absolute Gasteiger partial charge is 0.490 e. The van der Waals surface area contributed by atoms with Gasteiger partial charge in [0.2, 0.25) is 0 Å². The molecule has 0 spiro atoms. The SMILES string of the molecule is C[C@@H]1CC[C@@]2(S(=O)(=O)c3ccc(Cl)cc3)c3c(F)cccc3OC[C@H]2O1. The summed E-state index contributed by atoms with van der Waals surface area (Å²) >= 11 is 5.91. The van der Waals surface area contributed by atoms with Gasteiger partial charge in [-0.15, -0.1) is 0 Å². The second kappa shape index (κ2) is 6.22. The summed E-state index contributed by atoms with van der Waals surface area (Å²) in [5, 5.41) is 0.435. The lowest BCUT2D eigenvalue weighted by atomic mass is 9.82. The van der Waals surface area contributed by atoms with E-state index in [2.05, 4.69) is 0 Å². The molecule has 0 aliphatic carbocycles. The van der Waals surface area contributed by atoms with Crippen LogP contribution in [0.15, 0.2) is 47.4 Å². The Morgan fingerprint density at radius 2 is 1.92 bits per heavy atom. The monoisotopic (exact) mass is 396 g/mol. The Morgan fingerprint density at radius 3 is 2.65 bits per heavy atom. The molecule has 0 unspecified atom stereocenters. The van der Waals surface area contributed by atoms with Crippen molar-refractivity contribution >= 4 is 21.4 Å². The number of fused-ring (bicyclic) bond motifs is 3. The molecule has 138 valence electrons. The fourth-order valence-corrected chi connectivity index (χ4v) is 6.33. The van der Waals surface area contributed by atoms with E-state index in [0.29, 0.717) is 11.4 Å². The number of rotatable bonds is 2. The number of halogens is 2. The first-order valence-corrected chi connectivity index (χ1v) is 10.3. The summed E-state index contributed by atoms with van der Waals surface area (Å²) < 4.78 is 52.4. The van der Waals surface area contributed by atoms with Gasteiger partial charge in [-0.2, -0.15) is 0 Å². The maximum atomic E-state index is 14.9. The smallest absolute Gasteiger partial charge is 0.191 e. The summed E-state index contributed by atoms with van der Waals surface area (Å²) in [6.07, 6.45) is -0.125. The van der Waals surface area contributed by atoms with Gasteiger partial charge >= 0.3 is 0 Å². The van der Waals surface area contributed by atoms with Crippen molar-refractivity contribution in [1.82, 2.24) is 0 Å². The van der Waals surface area contributed by atoms with E-state index in [0.717, 1.165) is 0 Å². The van der Waals surface area contributed by atoms with Crippen molar-refractivity contribution in [3.63, 3.8) is 0 Å². The normalized spacial score (nSPS) is 28.0. The van der Waals surface area contributed by atoms with Gasteiger partial charge in [-0.25, -0.2) is 12.8 Å². The Kier molecular flexibility index (Phi) is 4.25. The Hall–Kier alpha value is -1.63. The first-order chi connectivity index (χ1) is 12.4. The van der Waals surface area contributed by atoms with Crippen molar-refractivity contribution in [2.75, 3.05) is 6.61 Å². The molecule has 0 bridgehead atoms. The number of hydrogen-bond acceptors (Lipinski definition) is 4. The van der Waals surface area contributed by atoms with Gasteiger partial charge in [0.05, 0.1) is 16.6 Å². The second-order valence-electron chi connectivity index (χ2n) is 6.74. The minimum Gasteiger partial charge on any atom is -0.490 e. The van der Waals surface area contributed by atoms with Crippen LogP contribution in [0.1, 0.15) is 25.3 Å². The molecule has 4 rings (SSSR count). The predicted molar refractivity (Wildman–Crippen MR) is 95.8 cm³/mol. The van der Waals surface area contributed by atoms with E-state index < -0.39 is 26.5 Å². The van der Waals surface area contributed by atoms with E-state index in [1.54, 1.807) is 6.07 Å². The number of ether oxygens (including phenoxy) is 2. The average Bonchev–Trinajstić information content (AvgIpc) is 2.61. The van der Waals surface area contributed by atoms with Crippen molar-refractivity contribution < 1.29 is 22.3 Å². The van der Waals surface area contributed by atoms with E-state index in [1.165, 1.54) is 36.4 Å². The molecule has 2 aromatic rings. The van der Waals surface area contributed by atoms with Crippen LogP contribution in [0.4, 0.5) is 4.39 Å². The Bertz CT molecular complexity index is 945. The van der Waals surface area contributed by atoms with Gasteiger partial charge in [0, 0.05) is 5.02 Å². The average molecular weight is 397 g/mol. The third-order valence-electron chi connectivity index (χ3n) is 5.23. The van der Waals surface area contributed by atoms with Crippen LogP contribution >= 0.6 is 11.6 Å². The van der Waals surface area contributed by atoms with Gasteiger partial charge in [-0.3, -0.25) is 0 Å². The molecule has 0 N–H and O–H groups in total. The fourth-order valence-electron chi connectivity index (χ4n) is 3.96. The number of sulfone groups is 1. The molecule has 2 aliphatic heterocycles. The molecule has 3 atom stereocenters. The lowest BCUT2D eigenvalue weighted by Gasteiger charge is -2.48. The van der Waals surface area contributed by atoms with Crippen LogP contribution in [0.25, 0.3) is 0 Å². The Morgan fingerprint density at radius 1 is 1.19 bits per heavy atom. The van der Waals surface area contributed by atoms with Crippen LogP contribution in [0, 0.1) is 5.82 Å². The van der Waals surface area contributed by atoms with Crippen LogP contribution < -0.4 is 4.74 Å². The maximum absolute atomic E-state index is 14.9.